The molecule has 1 heterocycles. The number of nitrogens with one attached hydrogen (secondary N) is 1. The fraction of sp³-hybridized carbons (Fsp3) is 0.500. The van der Waals surface area contributed by atoms with Gasteiger partial charge in [0, 0.05) is 31.9 Å². The van der Waals surface area contributed by atoms with Crippen LogP contribution in [0.3, 0.4) is 0 Å². The molecule has 0 atom stereocenters. The van der Waals surface area contributed by atoms with Crippen molar-refractivity contribution in [1.29, 1.82) is 0 Å². The molecule has 1 aromatic rings. The van der Waals surface area contributed by atoms with Gasteiger partial charge in [0.05, 0.1) is 22.3 Å². The first-order valence-corrected chi connectivity index (χ1v) is 7.74. The van der Waals surface area contributed by atoms with Crippen molar-refractivity contribution in [2.24, 2.45) is 0 Å². The third kappa shape index (κ3) is 4.48. The van der Waals surface area contributed by atoms with Gasteiger partial charge in [-0.1, -0.05) is 30.1 Å². The second-order valence-electron chi connectivity index (χ2n) is 5.12. The molecule has 21 heavy (non-hydrogen) atoms. The minimum Gasteiger partial charge on any atom is -0.399 e. The summed E-state index contributed by atoms with van der Waals surface area (Å²) in [7, 11) is 0. The maximum absolute atomic E-state index is 12.1. The number of nitrogens with zero attached hydrogens (tertiary/aromatic N) is 2. The average molecular weight is 331 g/mol. The van der Waals surface area contributed by atoms with Gasteiger partial charge in [-0.2, -0.15) is 0 Å². The number of halogens is 2. The van der Waals surface area contributed by atoms with Crippen molar-refractivity contribution < 1.29 is 4.79 Å². The standard InChI is InChI=1S/C14H20Cl2N4O/c1-2-19-3-5-20(6-4-19)9-13(21)18-14-11(15)7-10(17)8-12(14)16/h7-8H,2-6,9,17H2,1H3,(H,18,21). The Morgan fingerprint density at radius 1 is 1.19 bits per heavy atom. The molecule has 0 aliphatic carbocycles. The molecule has 0 saturated carbocycles. The first kappa shape index (κ1) is 16.4. The van der Waals surface area contributed by atoms with Crippen molar-refractivity contribution in [3.05, 3.63) is 22.2 Å². The van der Waals surface area contributed by atoms with E-state index in [2.05, 4.69) is 22.0 Å². The molecular weight excluding hydrogens is 311 g/mol. The minimum absolute atomic E-state index is 0.117. The highest BCUT2D eigenvalue weighted by Gasteiger charge is 2.19. The van der Waals surface area contributed by atoms with Crippen molar-refractivity contribution in [1.82, 2.24) is 9.80 Å². The van der Waals surface area contributed by atoms with Crippen LogP contribution in [0.2, 0.25) is 10.0 Å². The lowest BCUT2D eigenvalue weighted by atomic mass is 10.2. The predicted molar refractivity (Wildman–Crippen MR) is 88.1 cm³/mol. The largest absolute Gasteiger partial charge is 0.399 e. The molecule has 1 aromatic carbocycles. The van der Waals surface area contributed by atoms with Crippen LogP contribution in [-0.2, 0) is 4.79 Å². The van der Waals surface area contributed by atoms with E-state index in [0.717, 1.165) is 32.7 Å². The van der Waals surface area contributed by atoms with Gasteiger partial charge >= 0.3 is 0 Å². The van der Waals surface area contributed by atoms with Gasteiger partial charge in [0.2, 0.25) is 5.91 Å². The van der Waals surface area contributed by atoms with Crippen molar-refractivity contribution in [3.8, 4) is 0 Å². The number of nitrogens with two attached hydrogens (primary N) is 1. The predicted octanol–water partition coefficient (Wildman–Crippen LogP) is 2.15. The molecule has 1 amide bonds. The molecule has 1 aliphatic heterocycles. The summed E-state index contributed by atoms with van der Waals surface area (Å²) in [6.07, 6.45) is 0. The third-order valence-electron chi connectivity index (χ3n) is 3.61. The number of piperazine rings is 1. The van der Waals surface area contributed by atoms with Crippen LogP contribution in [0.15, 0.2) is 12.1 Å². The van der Waals surface area contributed by atoms with Crippen LogP contribution in [0, 0.1) is 0 Å². The molecule has 1 aliphatic rings. The zero-order valence-corrected chi connectivity index (χ0v) is 13.5. The molecule has 0 aromatic heterocycles. The lowest BCUT2D eigenvalue weighted by Gasteiger charge is -2.33. The van der Waals surface area contributed by atoms with Crippen LogP contribution in [-0.4, -0.2) is 55.0 Å². The molecular formula is C14H20Cl2N4O. The van der Waals surface area contributed by atoms with Crippen LogP contribution in [0.25, 0.3) is 0 Å². The van der Waals surface area contributed by atoms with E-state index in [1.165, 1.54) is 0 Å². The van der Waals surface area contributed by atoms with E-state index in [1.807, 2.05) is 0 Å². The summed E-state index contributed by atoms with van der Waals surface area (Å²) in [5, 5.41) is 3.47. The molecule has 1 fully saturated rings. The van der Waals surface area contributed by atoms with E-state index in [9.17, 15) is 4.79 Å². The average Bonchev–Trinajstić information content (AvgIpc) is 2.43. The van der Waals surface area contributed by atoms with Crippen LogP contribution in [0.1, 0.15) is 6.92 Å². The number of anilines is 2. The topological polar surface area (TPSA) is 61.6 Å². The molecule has 0 bridgehead atoms. The lowest BCUT2D eigenvalue weighted by molar-refractivity contribution is -0.117. The van der Waals surface area contributed by atoms with Crippen LogP contribution in [0.4, 0.5) is 11.4 Å². The van der Waals surface area contributed by atoms with Gasteiger partial charge in [-0.25, -0.2) is 0 Å². The van der Waals surface area contributed by atoms with E-state index in [1.54, 1.807) is 12.1 Å². The van der Waals surface area contributed by atoms with Gasteiger partial charge in [-0.3, -0.25) is 9.69 Å². The van der Waals surface area contributed by atoms with E-state index in [4.69, 9.17) is 28.9 Å². The maximum atomic E-state index is 12.1. The normalized spacial score (nSPS) is 16.9. The number of carbonyl (C=O) groups excluding carboxylic acids is 1. The lowest BCUT2D eigenvalue weighted by Crippen LogP contribution is -2.48. The summed E-state index contributed by atoms with van der Waals surface area (Å²) in [6, 6.07) is 3.14. The summed E-state index contributed by atoms with van der Waals surface area (Å²) in [5.74, 6) is -0.117. The summed E-state index contributed by atoms with van der Waals surface area (Å²) >= 11 is 12.1. The Morgan fingerprint density at radius 3 is 2.24 bits per heavy atom. The van der Waals surface area contributed by atoms with Gasteiger partial charge < -0.3 is 16.0 Å². The van der Waals surface area contributed by atoms with E-state index in [-0.39, 0.29) is 5.91 Å². The number of hydrogen-bond donors (Lipinski definition) is 2. The Kier molecular flexibility index (Phi) is 5.70. The molecule has 7 heteroatoms. The Bertz CT molecular complexity index is 493. The highest BCUT2D eigenvalue weighted by molar-refractivity contribution is 6.40. The Morgan fingerprint density at radius 2 is 1.71 bits per heavy atom. The Hall–Kier alpha value is -1.01. The quantitative estimate of drug-likeness (QED) is 0.830. The van der Waals surface area contributed by atoms with E-state index < -0.39 is 0 Å². The molecule has 116 valence electrons. The second-order valence-corrected chi connectivity index (χ2v) is 5.93. The van der Waals surface area contributed by atoms with Crippen molar-refractivity contribution in [3.63, 3.8) is 0 Å². The molecule has 5 nitrogen and oxygen atoms in total. The van der Waals surface area contributed by atoms with E-state index in [0.29, 0.717) is 28.0 Å². The number of benzene rings is 1. The number of hydrogen-bond acceptors (Lipinski definition) is 4. The molecule has 1 saturated heterocycles. The summed E-state index contributed by atoms with van der Waals surface area (Å²) in [6.45, 7) is 7.31. The van der Waals surface area contributed by atoms with Gasteiger partial charge in [-0.05, 0) is 18.7 Å². The van der Waals surface area contributed by atoms with E-state index >= 15 is 0 Å². The third-order valence-corrected chi connectivity index (χ3v) is 4.20. The molecule has 0 unspecified atom stereocenters. The smallest absolute Gasteiger partial charge is 0.238 e. The van der Waals surface area contributed by atoms with Crippen molar-refractivity contribution >= 4 is 40.5 Å². The van der Waals surface area contributed by atoms with Gasteiger partial charge in [0.15, 0.2) is 0 Å². The number of rotatable bonds is 4. The van der Waals surface area contributed by atoms with Gasteiger partial charge in [-0.15, -0.1) is 0 Å². The van der Waals surface area contributed by atoms with Crippen molar-refractivity contribution in [2.75, 3.05) is 50.3 Å². The first-order valence-electron chi connectivity index (χ1n) is 6.98. The summed E-state index contributed by atoms with van der Waals surface area (Å²) in [4.78, 5) is 16.6. The first-order chi connectivity index (χ1) is 9.99. The van der Waals surface area contributed by atoms with Crippen LogP contribution < -0.4 is 11.1 Å². The zero-order chi connectivity index (χ0) is 15.4. The van der Waals surface area contributed by atoms with Gasteiger partial charge in [0.25, 0.3) is 0 Å². The minimum atomic E-state index is -0.117. The highest BCUT2D eigenvalue weighted by atomic mass is 35.5. The number of carbonyl (C=O) groups is 1. The van der Waals surface area contributed by atoms with Crippen molar-refractivity contribution in [2.45, 2.75) is 6.92 Å². The fourth-order valence-electron chi connectivity index (χ4n) is 2.36. The highest BCUT2D eigenvalue weighted by Crippen LogP contribution is 2.32. The Labute approximate surface area is 135 Å². The monoisotopic (exact) mass is 330 g/mol. The maximum Gasteiger partial charge on any atom is 0.238 e. The number of amides is 1. The number of likely N-dealkylation sites (N-methyl/N-ethyl adjacent to an activating group) is 1. The van der Waals surface area contributed by atoms with Gasteiger partial charge in [0.1, 0.15) is 0 Å². The molecule has 0 radical (unpaired) electrons. The second kappa shape index (κ2) is 7.31. The zero-order valence-electron chi connectivity index (χ0n) is 12.0. The van der Waals surface area contributed by atoms with Crippen LogP contribution in [0.5, 0.6) is 0 Å². The molecule has 3 N–H and O–H groups in total. The van der Waals surface area contributed by atoms with Crippen LogP contribution >= 0.6 is 23.2 Å². The number of nitrogen functional groups attached to an aromatic ring is 1. The fourth-order valence-corrected chi connectivity index (χ4v) is 2.96. The molecule has 0 spiro atoms. The Balaban J connectivity index is 1.91. The SMILES string of the molecule is CCN1CCN(CC(=O)Nc2c(Cl)cc(N)cc2Cl)CC1. The molecule has 2 rings (SSSR count). The summed E-state index contributed by atoms with van der Waals surface area (Å²) < 4.78 is 0. The summed E-state index contributed by atoms with van der Waals surface area (Å²) in [5.41, 5.74) is 6.53.